The zero-order valence-electron chi connectivity index (χ0n) is 18.0. The third kappa shape index (κ3) is 4.57. The molecule has 0 aromatic heterocycles. The Morgan fingerprint density at radius 3 is 2.41 bits per heavy atom. The number of nitrogens with zero attached hydrogens (tertiary/aromatic N) is 1. The van der Waals surface area contributed by atoms with Gasteiger partial charge in [-0.3, -0.25) is 4.90 Å². The third-order valence-corrected chi connectivity index (χ3v) is 6.81. The molecule has 32 heavy (non-hydrogen) atoms. The summed E-state index contributed by atoms with van der Waals surface area (Å²) in [6.45, 7) is 4.63. The number of aromatic hydroxyl groups is 1. The van der Waals surface area contributed by atoms with E-state index in [1.165, 1.54) is 37.1 Å². The molecule has 5 rings (SSSR count). The first-order valence-corrected chi connectivity index (χ1v) is 11.7. The molecule has 0 aliphatic carbocycles. The van der Waals surface area contributed by atoms with Crippen molar-refractivity contribution in [1.82, 2.24) is 4.90 Å². The fourth-order valence-corrected chi connectivity index (χ4v) is 5.01. The van der Waals surface area contributed by atoms with Crippen molar-refractivity contribution in [2.75, 3.05) is 32.8 Å². The van der Waals surface area contributed by atoms with E-state index >= 15 is 0 Å². The minimum atomic E-state index is 0.0608. The van der Waals surface area contributed by atoms with Gasteiger partial charge in [-0.2, -0.15) is 0 Å². The molecule has 0 bridgehead atoms. The van der Waals surface area contributed by atoms with Crippen LogP contribution in [0.2, 0.25) is 5.02 Å². The molecule has 2 atom stereocenters. The highest BCUT2D eigenvalue weighted by Gasteiger charge is 2.33. The second-order valence-electron chi connectivity index (χ2n) is 8.64. The lowest BCUT2D eigenvalue weighted by atomic mass is 9.76. The summed E-state index contributed by atoms with van der Waals surface area (Å²) >= 11 is 6.13. The van der Waals surface area contributed by atoms with Gasteiger partial charge in [0.25, 0.3) is 0 Å². The van der Waals surface area contributed by atoms with Crippen molar-refractivity contribution in [3.05, 3.63) is 88.4 Å². The number of hydrogen-bond donors (Lipinski definition) is 1. The predicted octanol–water partition coefficient (Wildman–Crippen LogP) is 5.83. The third-order valence-electron chi connectivity index (χ3n) is 6.56. The van der Waals surface area contributed by atoms with Crippen LogP contribution in [0.15, 0.2) is 66.7 Å². The van der Waals surface area contributed by atoms with Crippen LogP contribution in [0.4, 0.5) is 0 Å². The Kier molecular flexibility index (Phi) is 6.24. The van der Waals surface area contributed by atoms with Gasteiger partial charge in [0, 0.05) is 29.0 Å². The highest BCUT2D eigenvalue weighted by Crippen LogP contribution is 2.47. The number of benzene rings is 3. The van der Waals surface area contributed by atoms with Gasteiger partial charge in [0.05, 0.1) is 6.61 Å². The molecule has 2 heterocycles. The van der Waals surface area contributed by atoms with E-state index in [0.29, 0.717) is 13.2 Å². The van der Waals surface area contributed by atoms with Crippen LogP contribution in [0, 0.1) is 0 Å². The topological polar surface area (TPSA) is 41.9 Å². The van der Waals surface area contributed by atoms with E-state index in [-0.39, 0.29) is 17.6 Å². The molecule has 0 spiro atoms. The van der Waals surface area contributed by atoms with Crippen molar-refractivity contribution in [3.8, 4) is 17.2 Å². The molecule has 1 saturated heterocycles. The summed E-state index contributed by atoms with van der Waals surface area (Å²) in [7, 11) is 0. The molecule has 2 aliphatic heterocycles. The maximum atomic E-state index is 10.2. The van der Waals surface area contributed by atoms with Crippen LogP contribution in [0.5, 0.6) is 17.2 Å². The number of fused-ring (bicyclic) bond motifs is 1. The molecular formula is C27H28ClNO3. The van der Waals surface area contributed by atoms with Crippen LogP contribution in [-0.2, 0) is 0 Å². The van der Waals surface area contributed by atoms with Crippen LogP contribution in [-0.4, -0.2) is 42.9 Å². The van der Waals surface area contributed by atoms with Gasteiger partial charge in [-0.05, 0) is 79.5 Å². The zero-order chi connectivity index (χ0) is 21.9. The van der Waals surface area contributed by atoms with Crippen molar-refractivity contribution in [2.45, 2.75) is 24.7 Å². The second kappa shape index (κ2) is 9.43. The molecular weight excluding hydrogens is 422 g/mol. The summed E-state index contributed by atoms with van der Waals surface area (Å²) in [6, 6.07) is 21.7. The van der Waals surface area contributed by atoms with E-state index < -0.39 is 0 Å². The molecule has 3 aromatic rings. The van der Waals surface area contributed by atoms with Gasteiger partial charge in [0.1, 0.15) is 23.9 Å². The Labute approximate surface area is 194 Å². The number of hydrogen-bond acceptors (Lipinski definition) is 4. The van der Waals surface area contributed by atoms with E-state index in [1.54, 1.807) is 6.07 Å². The smallest absolute Gasteiger partial charge is 0.123 e. The molecule has 2 aliphatic rings. The van der Waals surface area contributed by atoms with Crippen LogP contribution in [0.1, 0.15) is 41.4 Å². The molecule has 0 radical (unpaired) electrons. The molecule has 3 aromatic carbocycles. The summed E-state index contributed by atoms with van der Waals surface area (Å²) in [6.07, 6.45) is 2.59. The summed E-state index contributed by atoms with van der Waals surface area (Å²) in [5.74, 6) is 2.13. The normalized spacial score (nSPS) is 20.5. The van der Waals surface area contributed by atoms with Gasteiger partial charge in [-0.25, -0.2) is 0 Å². The minimum Gasteiger partial charge on any atom is -0.508 e. The van der Waals surface area contributed by atoms with Gasteiger partial charge >= 0.3 is 0 Å². The van der Waals surface area contributed by atoms with Crippen molar-refractivity contribution in [2.24, 2.45) is 0 Å². The number of rotatable bonds is 6. The Hall–Kier alpha value is -2.69. The lowest BCUT2D eigenvalue weighted by Crippen LogP contribution is -2.25. The Bertz CT molecular complexity index is 1050. The van der Waals surface area contributed by atoms with Crippen molar-refractivity contribution >= 4 is 11.6 Å². The molecule has 0 amide bonds. The maximum Gasteiger partial charge on any atom is 0.123 e. The van der Waals surface area contributed by atoms with E-state index in [4.69, 9.17) is 21.1 Å². The predicted molar refractivity (Wildman–Crippen MR) is 127 cm³/mol. The van der Waals surface area contributed by atoms with E-state index in [0.717, 1.165) is 28.6 Å². The number of likely N-dealkylation sites (tertiary alicyclic amines) is 1. The SMILES string of the molecule is Oc1ccc2c(c1)C(c1ccc(OCCN3CCCC3)cc1)[C@@H](c1ccc(Cl)cc1)CO2. The summed E-state index contributed by atoms with van der Waals surface area (Å²) in [5, 5.41) is 10.9. The molecule has 5 heteroatoms. The van der Waals surface area contributed by atoms with Crippen LogP contribution in [0.25, 0.3) is 0 Å². The monoisotopic (exact) mass is 449 g/mol. The Balaban J connectivity index is 1.40. The minimum absolute atomic E-state index is 0.0608. The number of halogens is 1. The van der Waals surface area contributed by atoms with E-state index in [2.05, 4.69) is 41.3 Å². The molecule has 166 valence electrons. The van der Waals surface area contributed by atoms with Crippen LogP contribution >= 0.6 is 11.6 Å². The van der Waals surface area contributed by atoms with Crippen molar-refractivity contribution in [1.29, 1.82) is 0 Å². The van der Waals surface area contributed by atoms with E-state index in [1.807, 2.05) is 24.3 Å². The van der Waals surface area contributed by atoms with Crippen molar-refractivity contribution < 1.29 is 14.6 Å². The van der Waals surface area contributed by atoms with Gasteiger partial charge in [0.15, 0.2) is 0 Å². The molecule has 0 saturated carbocycles. The standard InChI is InChI=1S/C27H28ClNO3/c28-21-7-3-19(4-8-21)25-18-32-26-12-9-22(30)17-24(26)27(25)20-5-10-23(11-6-20)31-16-15-29-13-1-2-14-29/h3-12,17,25,27,30H,1-2,13-16,18H2/t25-,27?/m1/s1. The van der Waals surface area contributed by atoms with Crippen LogP contribution in [0.3, 0.4) is 0 Å². The number of ether oxygens (including phenoxy) is 2. The largest absolute Gasteiger partial charge is 0.508 e. The first-order valence-electron chi connectivity index (χ1n) is 11.3. The summed E-state index contributed by atoms with van der Waals surface area (Å²) < 4.78 is 12.1. The first kappa shape index (κ1) is 21.2. The zero-order valence-corrected chi connectivity index (χ0v) is 18.8. The molecule has 1 N–H and O–H groups in total. The highest BCUT2D eigenvalue weighted by atomic mass is 35.5. The number of phenolic OH excluding ortho intramolecular Hbond substituents is 1. The van der Waals surface area contributed by atoms with Crippen molar-refractivity contribution in [3.63, 3.8) is 0 Å². The molecule has 4 nitrogen and oxygen atoms in total. The summed E-state index contributed by atoms with van der Waals surface area (Å²) in [4.78, 5) is 2.45. The van der Waals surface area contributed by atoms with Gasteiger partial charge in [0.2, 0.25) is 0 Å². The molecule has 1 unspecified atom stereocenters. The maximum absolute atomic E-state index is 10.2. The van der Waals surface area contributed by atoms with Gasteiger partial charge < -0.3 is 14.6 Å². The fraction of sp³-hybridized carbons (Fsp3) is 0.333. The Morgan fingerprint density at radius 1 is 0.938 bits per heavy atom. The van der Waals surface area contributed by atoms with Gasteiger partial charge in [-0.15, -0.1) is 0 Å². The Morgan fingerprint density at radius 2 is 1.66 bits per heavy atom. The number of phenols is 1. The first-order chi connectivity index (χ1) is 15.7. The average Bonchev–Trinajstić information content (AvgIpc) is 3.33. The average molecular weight is 450 g/mol. The fourth-order valence-electron chi connectivity index (χ4n) is 4.88. The second-order valence-corrected chi connectivity index (χ2v) is 9.07. The lowest BCUT2D eigenvalue weighted by molar-refractivity contribution is 0.237. The quantitative estimate of drug-likeness (QED) is 0.514. The summed E-state index contributed by atoms with van der Waals surface area (Å²) in [5.41, 5.74) is 3.34. The van der Waals surface area contributed by atoms with E-state index in [9.17, 15) is 5.11 Å². The lowest BCUT2D eigenvalue weighted by Gasteiger charge is -2.34. The van der Waals surface area contributed by atoms with Crippen LogP contribution < -0.4 is 9.47 Å². The highest BCUT2D eigenvalue weighted by molar-refractivity contribution is 6.30. The van der Waals surface area contributed by atoms with Gasteiger partial charge in [-0.1, -0.05) is 35.9 Å². The molecule has 1 fully saturated rings.